The van der Waals surface area contributed by atoms with E-state index in [4.69, 9.17) is 25.1 Å². The van der Waals surface area contributed by atoms with Crippen LogP contribution in [0, 0.1) is 0 Å². The first kappa shape index (κ1) is 18.4. The highest BCUT2D eigenvalue weighted by molar-refractivity contribution is 5.79. The predicted octanol–water partition coefficient (Wildman–Crippen LogP) is 0.783. The molecule has 1 aliphatic rings. The highest BCUT2D eigenvalue weighted by Crippen LogP contribution is 2.09. The molecule has 0 saturated carbocycles. The van der Waals surface area contributed by atoms with Gasteiger partial charge in [-0.05, 0) is 6.92 Å². The molecule has 1 aliphatic heterocycles. The van der Waals surface area contributed by atoms with Gasteiger partial charge in [0.2, 0.25) is 0 Å². The Kier molecular flexibility index (Phi) is 14.2. The van der Waals surface area contributed by atoms with Crippen molar-refractivity contribution in [2.45, 2.75) is 45.9 Å². The second-order valence-corrected chi connectivity index (χ2v) is 3.20. The van der Waals surface area contributed by atoms with Crippen molar-refractivity contribution in [3.05, 3.63) is 0 Å². The molecule has 1 fully saturated rings. The average molecular weight is 249 g/mol. The smallest absolute Gasteiger partial charge is 0.290 e. The number of rotatable bonds is 4. The molecule has 1 heterocycles. The van der Waals surface area contributed by atoms with E-state index in [0.717, 1.165) is 0 Å². The van der Waals surface area contributed by atoms with Crippen molar-refractivity contribution in [3.8, 4) is 0 Å². The zero-order valence-corrected chi connectivity index (χ0v) is 10.7. The van der Waals surface area contributed by atoms with E-state index in [-0.39, 0.29) is 24.6 Å². The molecule has 1 unspecified atom stereocenters. The Morgan fingerprint density at radius 1 is 1.47 bits per heavy atom. The van der Waals surface area contributed by atoms with Gasteiger partial charge in [-0.25, -0.2) is 0 Å². The highest BCUT2D eigenvalue weighted by atomic mass is 16.7. The lowest BCUT2D eigenvalue weighted by Gasteiger charge is -2.08. The minimum atomic E-state index is -0.323. The number of hydrogen-bond acceptors (Lipinski definition) is 5. The van der Waals surface area contributed by atoms with E-state index in [1.165, 1.54) is 0 Å². The molecule has 17 heavy (non-hydrogen) atoms. The summed E-state index contributed by atoms with van der Waals surface area (Å²) in [6, 6.07) is -0.0705. The standard InChI is InChI=1S/C8H15NO3.C2H6.CH2O2/c1-6(9)4-7(10)5-8-11-2-3-12-8;1-2;2-1-3/h6,8H,2-5,9H2,1H3;1-2H3;1H,(H,2,3). The summed E-state index contributed by atoms with van der Waals surface area (Å²) in [5.41, 5.74) is 5.47. The molecular weight excluding hydrogens is 226 g/mol. The summed E-state index contributed by atoms with van der Waals surface area (Å²) in [6.07, 6.45) is 0.418. The third kappa shape index (κ3) is 13.0. The Labute approximate surface area is 102 Å². The molecule has 0 radical (unpaired) electrons. The molecule has 102 valence electrons. The van der Waals surface area contributed by atoms with Gasteiger partial charge in [0.1, 0.15) is 5.78 Å². The third-order valence-corrected chi connectivity index (χ3v) is 1.63. The lowest BCUT2D eigenvalue weighted by molar-refractivity contribution is -0.127. The summed E-state index contributed by atoms with van der Waals surface area (Å²) < 4.78 is 10.2. The zero-order valence-electron chi connectivity index (χ0n) is 10.7. The van der Waals surface area contributed by atoms with E-state index >= 15 is 0 Å². The van der Waals surface area contributed by atoms with Crippen molar-refractivity contribution in [1.29, 1.82) is 0 Å². The normalized spacial score (nSPS) is 16.0. The summed E-state index contributed by atoms with van der Waals surface area (Å²) in [6.45, 7) is 6.75. The van der Waals surface area contributed by atoms with Crippen molar-refractivity contribution in [3.63, 3.8) is 0 Å². The number of nitrogens with two attached hydrogens (primary N) is 1. The zero-order chi connectivity index (χ0) is 13.7. The van der Waals surface area contributed by atoms with Crippen LogP contribution in [0.25, 0.3) is 0 Å². The van der Waals surface area contributed by atoms with Crippen LogP contribution in [0.2, 0.25) is 0 Å². The third-order valence-electron chi connectivity index (χ3n) is 1.63. The molecule has 0 aliphatic carbocycles. The van der Waals surface area contributed by atoms with E-state index < -0.39 is 0 Å². The molecule has 0 aromatic heterocycles. The second-order valence-electron chi connectivity index (χ2n) is 3.20. The second kappa shape index (κ2) is 13.1. The van der Waals surface area contributed by atoms with Gasteiger partial charge in [0, 0.05) is 12.5 Å². The van der Waals surface area contributed by atoms with Gasteiger partial charge in [0.15, 0.2) is 6.29 Å². The fraction of sp³-hybridized carbons (Fsp3) is 0.818. The number of hydrogen-bond donors (Lipinski definition) is 2. The fourth-order valence-corrected chi connectivity index (χ4v) is 1.15. The Morgan fingerprint density at radius 3 is 2.24 bits per heavy atom. The van der Waals surface area contributed by atoms with Crippen LogP contribution < -0.4 is 5.73 Å². The molecule has 0 aromatic carbocycles. The number of carboxylic acid groups (broad SMARTS) is 1. The molecule has 3 N–H and O–H groups in total. The SMILES string of the molecule is CC.CC(N)CC(=O)CC1OCCO1.O=CO. The van der Waals surface area contributed by atoms with Crippen LogP contribution >= 0.6 is 0 Å². The summed E-state index contributed by atoms with van der Waals surface area (Å²) in [7, 11) is 0. The monoisotopic (exact) mass is 249 g/mol. The fourth-order valence-electron chi connectivity index (χ4n) is 1.15. The van der Waals surface area contributed by atoms with Gasteiger partial charge in [0.25, 0.3) is 6.47 Å². The van der Waals surface area contributed by atoms with E-state index in [1.54, 1.807) is 0 Å². The molecule has 0 bridgehead atoms. The maximum Gasteiger partial charge on any atom is 0.290 e. The van der Waals surface area contributed by atoms with Crippen molar-refractivity contribution in [1.82, 2.24) is 0 Å². The van der Waals surface area contributed by atoms with Crippen LogP contribution in [-0.4, -0.2) is 42.9 Å². The van der Waals surface area contributed by atoms with Crippen molar-refractivity contribution in [2.75, 3.05) is 13.2 Å². The first-order chi connectivity index (χ1) is 8.10. The number of carbonyl (C=O) groups is 2. The topological polar surface area (TPSA) is 98.9 Å². The summed E-state index contributed by atoms with van der Waals surface area (Å²) in [5, 5.41) is 6.89. The maximum absolute atomic E-state index is 11.2. The lowest BCUT2D eigenvalue weighted by Crippen LogP contribution is -2.22. The number of ether oxygens (including phenoxy) is 2. The van der Waals surface area contributed by atoms with Gasteiger partial charge in [-0.2, -0.15) is 0 Å². The average Bonchev–Trinajstić information content (AvgIpc) is 2.73. The molecule has 6 nitrogen and oxygen atoms in total. The first-order valence-corrected chi connectivity index (χ1v) is 5.68. The molecule has 1 rings (SSSR count). The Morgan fingerprint density at radius 2 is 1.88 bits per heavy atom. The minimum Gasteiger partial charge on any atom is -0.483 e. The van der Waals surface area contributed by atoms with Crippen LogP contribution in [0.1, 0.15) is 33.6 Å². The summed E-state index contributed by atoms with van der Waals surface area (Å²) >= 11 is 0. The van der Waals surface area contributed by atoms with E-state index in [2.05, 4.69) is 0 Å². The van der Waals surface area contributed by atoms with Gasteiger partial charge in [-0.3, -0.25) is 9.59 Å². The van der Waals surface area contributed by atoms with Gasteiger partial charge < -0.3 is 20.3 Å². The van der Waals surface area contributed by atoms with E-state index in [0.29, 0.717) is 26.1 Å². The predicted molar refractivity (Wildman–Crippen MR) is 63.6 cm³/mol. The molecule has 0 aromatic rings. The summed E-state index contributed by atoms with van der Waals surface area (Å²) in [4.78, 5) is 19.5. The van der Waals surface area contributed by atoms with Crippen LogP contribution in [0.15, 0.2) is 0 Å². The molecule has 0 spiro atoms. The molecular formula is C11H23NO5. The lowest BCUT2D eigenvalue weighted by atomic mass is 10.1. The van der Waals surface area contributed by atoms with E-state index in [9.17, 15) is 4.79 Å². The van der Waals surface area contributed by atoms with Crippen LogP contribution in [0.3, 0.4) is 0 Å². The molecule has 0 amide bonds. The maximum atomic E-state index is 11.2. The number of ketones is 1. The largest absolute Gasteiger partial charge is 0.483 e. The van der Waals surface area contributed by atoms with Gasteiger partial charge >= 0.3 is 0 Å². The minimum absolute atomic E-state index is 0.0705. The van der Waals surface area contributed by atoms with Crippen LogP contribution in [0.4, 0.5) is 0 Å². The quantitative estimate of drug-likeness (QED) is 0.714. The van der Waals surface area contributed by atoms with Crippen molar-refractivity contribution < 1.29 is 24.2 Å². The van der Waals surface area contributed by atoms with Gasteiger partial charge in [0.05, 0.1) is 19.6 Å². The number of carbonyl (C=O) groups excluding carboxylic acids is 1. The Bertz CT molecular complexity index is 190. The van der Waals surface area contributed by atoms with Crippen molar-refractivity contribution >= 4 is 12.3 Å². The van der Waals surface area contributed by atoms with Crippen molar-refractivity contribution in [2.24, 2.45) is 5.73 Å². The molecule has 6 heteroatoms. The summed E-state index contributed by atoms with van der Waals surface area (Å²) in [5.74, 6) is 0.108. The Hall–Kier alpha value is -0.980. The number of Topliss-reactive ketones (excluding diaryl/α,β-unsaturated/α-hetero) is 1. The highest BCUT2D eigenvalue weighted by Gasteiger charge is 2.19. The first-order valence-electron chi connectivity index (χ1n) is 5.68. The van der Waals surface area contributed by atoms with Crippen LogP contribution in [-0.2, 0) is 19.1 Å². The van der Waals surface area contributed by atoms with Crippen LogP contribution in [0.5, 0.6) is 0 Å². The van der Waals surface area contributed by atoms with Gasteiger partial charge in [-0.1, -0.05) is 13.8 Å². The van der Waals surface area contributed by atoms with E-state index in [1.807, 2.05) is 20.8 Å². The Balaban J connectivity index is 0. The molecule has 1 saturated heterocycles. The van der Waals surface area contributed by atoms with Gasteiger partial charge in [-0.15, -0.1) is 0 Å². The molecule has 1 atom stereocenters.